The first-order valence-electron chi connectivity index (χ1n) is 4.60. The van der Waals surface area contributed by atoms with Gasteiger partial charge in [0.2, 0.25) is 0 Å². The molecule has 0 aliphatic heterocycles. The normalized spacial score (nSPS) is 13.0. The van der Waals surface area contributed by atoms with Gasteiger partial charge in [0.15, 0.2) is 0 Å². The molecule has 0 bridgehead atoms. The Hall–Kier alpha value is -0.120. The molecule has 0 aliphatic rings. The largest absolute Gasteiger partial charge is 0.379 e. The molecule has 0 N–H and O–H groups in total. The van der Waals surface area contributed by atoms with Crippen LogP contribution >= 0.6 is 11.6 Å². The molecule has 0 heterocycles. The second-order valence-electron chi connectivity index (χ2n) is 4.35. The summed E-state index contributed by atoms with van der Waals surface area (Å²) < 4.78 is 10.6. The number of carbonyl (C=O) groups is 1. The van der Waals surface area contributed by atoms with Crippen LogP contribution in [0.1, 0.15) is 34.1 Å². The molecule has 84 valence electrons. The summed E-state index contributed by atoms with van der Waals surface area (Å²) in [5, 5.41) is -0.479. The lowest BCUT2D eigenvalue weighted by Gasteiger charge is -2.26. The number of hydrogen-bond acceptors (Lipinski definition) is 3. The summed E-state index contributed by atoms with van der Waals surface area (Å²) in [6.07, 6.45) is 0.719. The number of halogens is 1. The fourth-order valence-corrected chi connectivity index (χ4v) is 0.765. The molecule has 0 saturated carbocycles. The van der Waals surface area contributed by atoms with Crippen LogP contribution in [0.5, 0.6) is 0 Å². The zero-order chi connectivity index (χ0) is 11.4. The SMILES string of the molecule is COC(C)(C)CCOC(C)(C)C(=O)Cl. The summed E-state index contributed by atoms with van der Waals surface area (Å²) in [6, 6.07) is 0. The van der Waals surface area contributed by atoms with Gasteiger partial charge in [-0.25, -0.2) is 0 Å². The van der Waals surface area contributed by atoms with E-state index < -0.39 is 10.8 Å². The van der Waals surface area contributed by atoms with Gasteiger partial charge < -0.3 is 9.47 Å². The second kappa shape index (κ2) is 5.10. The Bertz CT molecular complexity index is 200. The molecule has 0 radical (unpaired) electrons. The van der Waals surface area contributed by atoms with Gasteiger partial charge in [-0.1, -0.05) is 0 Å². The van der Waals surface area contributed by atoms with E-state index in [0.29, 0.717) is 6.61 Å². The molecule has 4 heteroatoms. The highest BCUT2D eigenvalue weighted by Crippen LogP contribution is 2.17. The fraction of sp³-hybridized carbons (Fsp3) is 0.900. The van der Waals surface area contributed by atoms with Gasteiger partial charge in [-0.2, -0.15) is 0 Å². The van der Waals surface area contributed by atoms with Crippen LogP contribution in [0.2, 0.25) is 0 Å². The molecule has 14 heavy (non-hydrogen) atoms. The van der Waals surface area contributed by atoms with Gasteiger partial charge >= 0.3 is 0 Å². The van der Waals surface area contributed by atoms with E-state index in [2.05, 4.69) is 0 Å². The third-order valence-electron chi connectivity index (χ3n) is 2.19. The Morgan fingerprint density at radius 1 is 1.29 bits per heavy atom. The van der Waals surface area contributed by atoms with Crippen molar-refractivity contribution in [3.05, 3.63) is 0 Å². The van der Waals surface area contributed by atoms with Crippen molar-refractivity contribution in [2.45, 2.75) is 45.3 Å². The van der Waals surface area contributed by atoms with Crippen LogP contribution in [0, 0.1) is 0 Å². The third-order valence-corrected chi connectivity index (χ3v) is 2.65. The average molecular weight is 223 g/mol. The Morgan fingerprint density at radius 2 is 1.79 bits per heavy atom. The van der Waals surface area contributed by atoms with Crippen LogP contribution in [-0.4, -0.2) is 30.2 Å². The minimum absolute atomic E-state index is 0.231. The van der Waals surface area contributed by atoms with Gasteiger partial charge in [-0.3, -0.25) is 4.79 Å². The maximum atomic E-state index is 10.9. The van der Waals surface area contributed by atoms with E-state index in [1.807, 2.05) is 13.8 Å². The van der Waals surface area contributed by atoms with Crippen molar-refractivity contribution in [2.75, 3.05) is 13.7 Å². The summed E-state index contributed by atoms with van der Waals surface area (Å²) in [4.78, 5) is 10.9. The molecular formula is C10H19ClO3. The van der Waals surface area contributed by atoms with E-state index in [1.165, 1.54) is 0 Å². The van der Waals surface area contributed by atoms with E-state index >= 15 is 0 Å². The van der Waals surface area contributed by atoms with Crippen molar-refractivity contribution in [2.24, 2.45) is 0 Å². The van der Waals surface area contributed by atoms with Crippen LogP contribution in [-0.2, 0) is 14.3 Å². The lowest BCUT2D eigenvalue weighted by molar-refractivity contribution is -0.133. The van der Waals surface area contributed by atoms with E-state index in [1.54, 1.807) is 21.0 Å². The van der Waals surface area contributed by atoms with Gasteiger partial charge in [0.05, 0.1) is 12.2 Å². The van der Waals surface area contributed by atoms with Crippen LogP contribution < -0.4 is 0 Å². The monoisotopic (exact) mass is 222 g/mol. The molecular weight excluding hydrogens is 204 g/mol. The standard InChI is InChI=1S/C10H19ClO3/c1-9(2,13-5)6-7-14-10(3,4)8(11)12/h6-7H2,1-5H3. The topological polar surface area (TPSA) is 35.5 Å². The highest BCUT2D eigenvalue weighted by Gasteiger charge is 2.27. The molecule has 0 fully saturated rings. The molecule has 3 nitrogen and oxygen atoms in total. The molecule has 0 saturated heterocycles. The van der Waals surface area contributed by atoms with Gasteiger partial charge in [-0.15, -0.1) is 0 Å². The minimum atomic E-state index is -0.911. The van der Waals surface area contributed by atoms with Crippen molar-refractivity contribution in [1.29, 1.82) is 0 Å². The number of carbonyl (C=O) groups excluding carboxylic acids is 1. The zero-order valence-electron chi connectivity index (χ0n) is 9.52. The van der Waals surface area contributed by atoms with Gasteiger partial charge in [0.25, 0.3) is 5.24 Å². The molecule has 0 aromatic rings. The highest BCUT2D eigenvalue weighted by molar-refractivity contribution is 6.65. The van der Waals surface area contributed by atoms with Gasteiger partial charge in [0.1, 0.15) is 5.60 Å². The summed E-state index contributed by atoms with van der Waals surface area (Å²) >= 11 is 5.36. The van der Waals surface area contributed by atoms with Crippen molar-refractivity contribution in [1.82, 2.24) is 0 Å². The summed E-state index contributed by atoms with van der Waals surface area (Å²) in [7, 11) is 1.65. The maximum Gasteiger partial charge on any atom is 0.253 e. The molecule has 0 amide bonds. The lowest BCUT2D eigenvalue weighted by atomic mass is 10.1. The Kier molecular flexibility index (Phi) is 5.06. The lowest BCUT2D eigenvalue weighted by Crippen LogP contribution is -2.34. The Balaban J connectivity index is 3.91. The van der Waals surface area contributed by atoms with E-state index in [9.17, 15) is 4.79 Å². The molecule has 0 rings (SSSR count). The zero-order valence-corrected chi connectivity index (χ0v) is 10.3. The Labute approximate surface area is 90.7 Å². The van der Waals surface area contributed by atoms with Crippen LogP contribution in [0.15, 0.2) is 0 Å². The average Bonchev–Trinajstić information content (AvgIpc) is 2.03. The van der Waals surface area contributed by atoms with Crippen LogP contribution in [0.3, 0.4) is 0 Å². The fourth-order valence-electron chi connectivity index (χ4n) is 0.711. The van der Waals surface area contributed by atoms with E-state index in [0.717, 1.165) is 6.42 Å². The van der Waals surface area contributed by atoms with E-state index in [-0.39, 0.29) is 5.60 Å². The molecule has 0 aliphatic carbocycles. The van der Waals surface area contributed by atoms with Crippen molar-refractivity contribution < 1.29 is 14.3 Å². The van der Waals surface area contributed by atoms with Gasteiger partial charge in [0, 0.05) is 7.11 Å². The van der Waals surface area contributed by atoms with Gasteiger partial charge in [-0.05, 0) is 45.7 Å². The summed E-state index contributed by atoms with van der Waals surface area (Å²) in [6.45, 7) is 7.69. The van der Waals surface area contributed by atoms with Crippen molar-refractivity contribution >= 4 is 16.8 Å². The molecule has 0 aromatic heterocycles. The smallest absolute Gasteiger partial charge is 0.253 e. The minimum Gasteiger partial charge on any atom is -0.379 e. The molecule has 0 unspecified atom stereocenters. The third kappa shape index (κ3) is 4.94. The first-order valence-corrected chi connectivity index (χ1v) is 4.98. The number of methoxy groups -OCH3 is 1. The first-order chi connectivity index (χ1) is 6.21. The quantitative estimate of drug-likeness (QED) is 0.648. The van der Waals surface area contributed by atoms with Crippen LogP contribution in [0.4, 0.5) is 0 Å². The van der Waals surface area contributed by atoms with Crippen molar-refractivity contribution in [3.8, 4) is 0 Å². The second-order valence-corrected chi connectivity index (χ2v) is 4.69. The Morgan fingerprint density at radius 3 is 2.14 bits per heavy atom. The molecule has 0 aromatic carbocycles. The van der Waals surface area contributed by atoms with Crippen molar-refractivity contribution in [3.63, 3.8) is 0 Å². The van der Waals surface area contributed by atoms with Crippen LogP contribution in [0.25, 0.3) is 0 Å². The molecule has 0 atom stereocenters. The predicted molar refractivity (Wildman–Crippen MR) is 56.6 cm³/mol. The summed E-state index contributed by atoms with van der Waals surface area (Å²) in [5.41, 5.74) is -1.14. The number of ether oxygens (including phenoxy) is 2. The number of hydrogen-bond donors (Lipinski definition) is 0. The molecule has 0 spiro atoms. The number of rotatable bonds is 6. The summed E-state index contributed by atoms with van der Waals surface area (Å²) in [5.74, 6) is 0. The first kappa shape index (κ1) is 13.9. The maximum absolute atomic E-state index is 10.9. The van der Waals surface area contributed by atoms with E-state index in [4.69, 9.17) is 21.1 Å². The predicted octanol–water partition coefficient (Wildman–Crippen LogP) is 2.36. The highest BCUT2D eigenvalue weighted by atomic mass is 35.5.